The van der Waals surface area contributed by atoms with Crippen molar-refractivity contribution in [2.24, 2.45) is 0 Å². The van der Waals surface area contributed by atoms with Gasteiger partial charge in [0.15, 0.2) is 11.5 Å². The van der Waals surface area contributed by atoms with E-state index < -0.39 is 5.82 Å². The number of likely N-dealkylation sites (tertiary alicyclic amines) is 1. The molecular formula is C28H28FN5O3. The zero-order valence-corrected chi connectivity index (χ0v) is 20.8. The number of nitrogens with one attached hydrogen (secondary N) is 1. The van der Waals surface area contributed by atoms with E-state index >= 15 is 0 Å². The third-order valence-corrected chi connectivity index (χ3v) is 6.84. The molecule has 2 aromatic carbocycles. The molecule has 0 saturated carbocycles. The molecule has 2 amide bonds. The van der Waals surface area contributed by atoms with Crippen LogP contribution in [0.3, 0.4) is 0 Å². The Balaban J connectivity index is 1.20. The monoisotopic (exact) mass is 501 g/mol. The lowest BCUT2D eigenvalue weighted by atomic mass is 9.89. The molecule has 0 aliphatic carbocycles. The van der Waals surface area contributed by atoms with Crippen LogP contribution in [0.1, 0.15) is 52.1 Å². The van der Waals surface area contributed by atoms with Crippen LogP contribution in [0.25, 0.3) is 10.9 Å². The fraction of sp³-hybridized carbons (Fsp3) is 0.286. The maximum Gasteiger partial charge on any atom is 0.276 e. The highest BCUT2D eigenvalue weighted by Crippen LogP contribution is 2.30. The van der Waals surface area contributed by atoms with Gasteiger partial charge in [0, 0.05) is 36.9 Å². The molecule has 5 rings (SSSR count). The lowest BCUT2D eigenvalue weighted by Crippen LogP contribution is -2.38. The predicted molar refractivity (Wildman–Crippen MR) is 138 cm³/mol. The fourth-order valence-electron chi connectivity index (χ4n) is 4.86. The van der Waals surface area contributed by atoms with Crippen molar-refractivity contribution < 1.29 is 18.7 Å². The van der Waals surface area contributed by atoms with Gasteiger partial charge in [-0.15, -0.1) is 0 Å². The Kier molecular flexibility index (Phi) is 6.85. The molecule has 190 valence electrons. The summed E-state index contributed by atoms with van der Waals surface area (Å²) >= 11 is 0. The molecule has 2 aromatic heterocycles. The number of aryl methyl sites for hydroxylation is 1. The van der Waals surface area contributed by atoms with Crippen LogP contribution < -0.4 is 10.1 Å². The number of halogens is 1. The summed E-state index contributed by atoms with van der Waals surface area (Å²) in [5, 5.41) is 8.28. The average molecular weight is 502 g/mol. The molecule has 0 unspecified atom stereocenters. The van der Waals surface area contributed by atoms with E-state index in [1.54, 1.807) is 4.90 Å². The second-order valence-electron chi connectivity index (χ2n) is 9.04. The van der Waals surface area contributed by atoms with Gasteiger partial charge in [-0.2, -0.15) is 5.10 Å². The van der Waals surface area contributed by atoms with E-state index in [1.807, 2.05) is 60.1 Å². The van der Waals surface area contributed by atoms with Crippen molar-refractivity contribution in [1.29, 1.82) is 0 Å². The Bertz CT molecular complexity index is 1440. The van der Waals surface area contributed by atoms with E-state index in [1.165, 1.54) is 19.4 Å². The first-order valence-corrected chi connectivity index (χ1v) is 12.3. The Labute approximate surface area is 214 Å². The summed E-state index contributed by atoms with van der Waals surface area (Å²) in [4.78, 5) is 31.3. The van der Waals surface area contributed by atoms with Crippen LogP contribution in [-0.4, -0.2) is 51.7 Å². The summed E-state index contributed by atoms with van der Waals surface area (Å²) in [6.45, 7) is 3.82. The number of para-hydroxylation sites is 1. The number of fused-ring (bicyclic) bond motifs is 1. The number of rotatable bonds is 6. The first-order valence-electron chi connectivity index (χ1n) is 12.3. The van der Waals surface area contributed by atoms with Crippen LogP contribution >= 0.6 is 0 Å². The molecule has 0 radical (unpaired) electrons. The zero-order valence-electron chi connectivity index (χ0n) is 20.8. The van der Waals surface area contributed by atoms with Crippen molar-refractivity contribution >= 4 is 28.4 Å². The second kappa shape index (κ2) is 10.4. The summed E-state index contributed by atoms with van der Waals surface area (Å²) in [5.41, 5.74) is 3.41. The molecule has 0 atom stereocenters. The number of hydrogen-bond donors (Lipinski definition) is 1. The van der Waals surface area contributed by atoms with Gasteiger partial charge in [0.2, 0.25) is 5.88 Å². The number of piperidine rings is 1. The van der Waals surface area contributed by atoms with Gasteiger partial charge >= 0.3 is 0 Å². The van der Waals surface area contributed by atoms with Gasteiger partial charge in [-0.25, -0.2) is 9.37 Å². The number of carbonyl (C=O) groups is 2. The standard InChI is InChI=1S/C28H28FN5O3/c1-3-34-24-7-5-4-6-22(24)25(32-34)26(35)31-21-10-8-18(9-11-21)19-12-14-33(15-13-19)28(36)20-16-23(29)27(37-2)30-17-20/h4-11,16-17,19H,3,12-15H2,1-2H3,(H,31,35). The minimum absolute atomic E-state index is 0.126. The van der Waals surface area contributed by atoms with Gasteiger partial charge in [-0.3, -0.25) is 14.3 Å². The molecule has 0 spiro atoms. The number of nitrogens with zero attached hydrogens (tertiary/aromatic N) is 4. The normalized spacial score (nSPS) is 14.1. The summed E-state index contributed by atoms with van der Waals surface area (Å²) in [7, 11) is 1.33. The van der Waals surface area contributed by atoms with Gasteiger partial charge in [0.05, 0.1) is 18.2 Å². The molecule has 1 fully saturated rings. The third-order valence-electron chi connectivity index (χ3n) is 6.84. The molecular weight excluding hydrogens is 473 g/mol. The number of anilines is 1. The van der Waals surface area contributed by atoms with Crippen molar-refractivity contribution in [3.63, 3.8) is 0 Å². The van der Waals surface area contributed by atoms with Crippen LogP contribution in [0.2, 0.25) is 0 Å². The van der Waals surface area contributed by atoms with Gasteiger partial charge in [-0.05, 0) is 55.5 Å². The van der Waals surface area contributed by atoms with Crippen molar-refractivity contribution in [3.8, 4) is 5.88 Å². The van der Waals surface area contributed by atoms with Crippen LogP contribution in [0.15, 0.2) is 60.8 Å². The SMILES string of the molecule is CCn1nc(C(=O)Nc2ccc(C3CCN(C(=O)c4cnc(OC)c(F)c4)CC3)cc2)c2ccccc21. The number of pyridine rings is 1. The number of amides is 2. The maximum absolute atomic E-state index is 14.0. The van der Waals surface area contributed by atoms with Gasteiger partial charge < -0.3 is 15.0 Å². The van der Waals surface area contributed by atoms with Crippen LogP contribution in [-0.2, 0) is 6.54 Å². The number of aromatic nitrogens is 3. The summed E-state index contributed by atoms with van der Waals surface area (Å²) in [6, 6.07) is 16.7. The minimum atomic E-state index is -0.651. The molecule has 9 heteroatoms. The molecule has 3 heterocycles. The highest BCUT2D eigenvalue weighted by atomic mass is 19.1. The molecule has 1 aliphatic rings. The summed E-state index contributed by atoms with van der Waals surface area (Å²) in [6.07, 6.45) is 2.94. The lowest BCUT2D eigenvalue weighted by Gasteiger charge is -2.32. The largest absolute Gasteiger partial charge is 0.479 e. The highest BCUT2D eigenvalue weighted by Gasteiger charge is 2.25. The smallest absolute Gasteiger partial charge is 0.276 e. The quantitative estimate of drug-likeness (QED) is 0.407. The Hall–Kier alpha value is -4.27. The molecule has 37 heavy (non-hydrogen) atoms. The molecule has 4 aromatic rings. The number of hydrogen-bond acceptors (Lipinski definition) is 5. The number of carbonyl (C=O) groups excluding carboxylic acids is 2. The second-order valence-corrected chi connectivity index (χ2v) is 9.04. The van der Waals surface area contributed by atoms with Crippen LogP contribution in [0.4, 0.5) is 10.1 Å². The number of ether oxygens (including phenoxy) is 1. The summed E-state index contributed by atoms with van der Waals surface area (Å²) in [5.74, 6) is -0.957. The minimum Gasteiger partial charge on any atom is -0.479 e. The topological polar surface area (TPSA) is 89.4 Å². The Morgan fingerprint density at radius 1 is 1.11 bits per heavy atom. The molecule has 8 nitrogen and oxygen atoms in total. The first-order chi connectivity index (χ1) is 18.0. The number of methoxy groups -OCH3 is 1. The van der Waals surface area contributed by atoms with Crippen molar-refractivity contribution in [2.75, 3.05) is 25.5 Å². The van der Waals surface area contributed by atoms with Crippen LogP contribution in [0.5, 0.6) is 5.88 Å². The Morgan fingerprint density at radius 3 is 2.51 bits per heavy atom. The summed E-state index contributed by atoms with van der Waals surface area (Å²) < 4.78 is 20.6. The highest BCUT2D eigenvalue weighted by molar-refractivity contribution is 6.11. The van der Waals surface area contributed by atoms with E-state index in [0.29, 0.717) is 36.9 Å². The van der Waals surface area contributed by atoms with Crippen LogP contribution in [0, 0.1) is 5.82 Å². The van der Waals surface area contributed by atoms with Crippen molar-refractivity contribution in [2.45, 2.75) is 32.2 Å². The van der Waals surface area contributed by atoms with E-state index in [-0.39, 0.29) is 23.3 Å². The molecule has 1 N–H and O–H groups in total. The van der Waals surface area contributed by atoms with E-state index in [4.69, 9.17) is 4.74 Å². The molecule has 1 saturated heterocycles. The first kappa shape index (κ1) is 24.4. The van der Waals surface area contributed by atoms with E-state index in [9.17, 15) is 14.0 Å². The van der Waals surface area contributed by atoms with Crippen molar-refractivity contribution in [3.05, 3.63) is 83.4 Å². The Morgan fingerprint density at radius 2 is 1.84 bits per heavy atom. The lowest BCUT2D eigenvalue weighted by molar-refractivity contribution is 0.0711. The average Bonchev–Trinajstić information content (AvgIpc) is 3.32. The van der Waals surface area contributed by atoms with Gasteiger partial charge in [0.25, 0.3) is 11.8 Å². The molecule has 0 bridgehead atoms. The zero-order chi connectivity index (χ0) is 25.9. The molecule has 1 aliphatic heterocycles. The fourth-order valence-corrected chi connectivity index (χ4v) is 4.86. The van der Waals surface area contributed by atoms with E-state index in [2.05, 4.69) is 15.4 Å². The number of benzene rings is 2. The maximum atomic E-state index is 14.0. The van der Waals surface area contributed by atoms with Crippen molar-refractivity contribution in [1.82, 2.24) is 19.7 Å². The van der Waals surface area contributed by atoms with E-state index in [0.717, 1.165) is 29.3 Å². The third kappa shape index (κ3) is 4.89. The van der Waals surface area contributed by atoms with Gasteiger partial charge in [0.1, 0.15) is 0 Å². The predicted octanol–water partition coefficient (Wildman–Crippen LogP) is 4.87. The van der Waals surface area contributed by atoms with Gasteiger partial charge in [-0.1, -0.05) is 30.3 Å².